The summed E-state index contributed by atoms with van der Waals surface area (Å²) in [6, 6.07) is 2.11. The average molecular weight is 321 g/mol. The molecule has 2 heterocycles. The van der Waals surface area contributed by atoms with Gasteiger partial charge in [-0.2, -0.15) is 0 Å². The van der Waals surface area contributed by atoms with Gasteiger partial charge in [-0.05, 0) is 57.1 Å². The maximum atomic E-state index is 11.3. The van der Waals surface area contributed by atoms with Crippen LogP contribution in [0.1, 0.15) is 45.1 Å². The van der Waals surface area contributed by atoms with Crippen LogP contribution in [0.3, 0.4) is 0 Å². The minimum atomic E-state index is -0.447. The molecular formula is C16H24BNO3S. The van der Waals surface area contributed by atoms with Crippen molar-refractivity contribution in [2.75, 3.05) is 6.54 Å². The van der Waals surface area contributed by atoms with E-state index in [-0.39, 0.29) is 5.91 Å². The van der Waals surface area contributed by atoms with Gasteiger partial charge < -0.3 is 14.6 Å². The number of thiophene rings is 1. The molecule has 1 amide bonds. The zero-order chi connectivity index (χ0) is 16.5. The number of hydrogen-bond acceptors (Lipinski definition) is 4. The van der Waals surface area contributed by atoms with Gasteiger partial charge in [-0.1, -0.05) is 6.08 Å². The van der Waals surface area contributed by atoms with Crippen LogP contribution in [0.25, 0.3) is 6.08 Å². The van der Waals surface area contributed by atoms with Gasteiger partial charge in [0.05, 0.1) is 11.2 Å². The Hall–Kier alpha value is -1.11. The summed E-state index contributed by atoms with van der Waals surface area (Å²) in [4.78, 5) is 12.5. The van der Waals surface area contributed by atoms with E-state index in [9.17, 15) is 4.79 Å². The van der Waals surface area contributed by atoms with Crippen molar-refractivity contribution in [2.45, 2.75) is 52.7 Å². The third-order valence-electron chi connectivity index (χ3n) is 4.20. The highest BCUT2D eigenvalue weighted by atomic mass is 32.1. The van der Waals surface area contributed by atoms with Crippen molar-refractivity contribution in [1.82, 2.24) is 5.32 Å². The van der Waals surface area contributed by atoms with E-state index in [0.717, 1.165) is 11.0 Å². The first-order valence-corrected chi connectivity index (χ1v) is 8.34. The number of carbonyl (C=O) groups is 1. The summed E-state index contributed by atoms with van der Waals surface area (Å²) < 4.78 is 12.2. The monoisotopic (exact) mass is 321 g/mol. The van der Waals surface area contributed by atoms with Crippen LogP contribution in [0.4, 0.5) is 0 Å². The van der Waals surface area contributed by atoms with Crippen molar-refractivity contribution in [3.63, 3.8) is 0 Å². The summed E-state index contributed by atoms with van der Waals surface area (Å²) in [6.07, 6.45) is 2.04. The molecule has 2 rings (SSSR count). The molecule has 0 spiro atoms. The first-order valence-electron chi connectivity index (χ1n) is 7.46. The lowest BCUT2D eigenvalue weighted by atomic mass is 9.77. The largest absolute Gasteiger partial charge is 0.492 e. The molecule has 0 bridgehead atoms. The Morgan fingerprint density at radius 3 is 2.36 bits per heavy atom. The van der Waals surface area contributed by atoms with Gasteiger partial charge in [0.25, 0.3) is 0 Å². The third-order valence-corrected chi connectivity index (χ3v) is 5.08. The molecule has 1 N–H and O–H groups in total. The van der Waals surface area contributed by atoms with Gasteiger partial charge in [-0.15, -0.1) is 11.3 Å². The fourth-order valence-corrected chi connectivity index (χ4v) is 2.84. The summed E-state index contributed by atoms with van der Waals surface area (Å²) in [5.74, 6) is -0.0658. The fraction of sp³-hybridized carbons (Fsp3) is 0.562. The summed E-state index contributed by atoms with van der Waals surface area (Å²) in [5.41, 5.74) is 1.25. The Balaban J connectivity index is 2.25. The van der Waals surface area contributed by atoms with Crippen molar-refractivity contribution in [1.29, 1.82) is 0 Å². The van der Waals surface area contributed by atoms with Gasteiger partial charge >= 0.3 is 7.12 Å². The van der Waals surface area contributed by atoms with Crippen LogP contribution >= 0.6 is 11.3 Å². The minimum Gasteiger partial charge on any atom is -0.400 e. The summed E-state index contributed by atoms with van der Waals surface area (Å²) in [7, 11) is -0.447. The first-order chi connectivity index (χ1) is 10.1. The number of hydrogen-bond donors (Lipinski definition) is 1. The highest BCUT2D eigenvalue weighted by Gasteiger charge is 2.52. The van der Waals surface area contributed by atoms with E-state index in [1.54, 1.807) is 11.3 Å². The van der Waals surface area contributed by atoms with Gasteiger partial charge in [0.15, 0.2) is 0 Å². The van der Waals surface area contributed by atoms with E-state index in [4.69, 9.17) is 9.31 Å². The van der Waals surface area contributed by atoms with E-state index >= 15 is 0 Å². The molecule has 0 radical (unpaired) electrons. The third kappa shape index (κ3) is 3.80. The van der Waals surface area contributed by atoms with Crippen LogP contribution in [-0.2, 0) is 14.1 Å². The Morgan fingerprint density at radius 2 is 1.91 bits per heavy atom. The summed E-state index contributed by atoms with van der Waals surface area (Å²) in [6.45, 7) is 12.1. The molecule has 120 valence electrons. The van der Waals surface area contributed by atoms with E-state index in [2.05, 4.69) is 23.7 Å². The highest BCUT2D eigenvalue weighted by molar-refractivity contribution is 7.10. The molecule has 0 aromatic carbocycles. The predicted molar refractivity (Wildman–Crippen MR) is 91.8 cm³/mol. The van der Waals surface area contributed by atoms with Crippen molar-refractivity contribution in [2.24, 2.45) is 0 Å². The Kier molecular flexibility index (Phi) is 4.85. The minimum absolute atomic E-state index is 0.0658. The number of carbonyl (C=O) groups excluding carboxylic acids is 1. The van der Waals surface area contributed by atoms with Gasteiger partial charge in [-0.25, -0.2) is 0 Å². The molecule has 1 saturated heterocycles. The average Bonchev–Trinajstić information content (AvgIpc) is 2.86. The van der Waals surface area contributed by atoms with Gasteiger partial charge in [0, 0.05) is 18.3 Å². The summed E-state index contributed by atoms with van der Waals surface area (Å²) >= 11 is 1.70. The lowest BCUT2D eigenvalue weighted by Gasteiger charge is -2.32. The van der Waals surface area contributed by atoms with Crippen molar-refractivity contribution in [3.05, 3.63) is 27.4 Å². The topological polar surface area (TPSA) is 47.6 Å². The van der Waals surface area contributed by atoms with E-state index in [0.29, 0.717) is 6.54 Å². The van der Waals surface area contributed by atoms with Crippen molar-refractivity contribution >= 4 is 30.4 Å². The molecule has 1 aromatic rings. The fourth-order valence-electron chi connectivity index (χ4n) is 2.18. The number of rotatable bonds is 4. The summed E-state index contributed by atoms with van der Waals surface area (Å²) in [5, 5.41) is 4.93. The first kappa shape index (κ1) is 17.3. The molecule has 4 nitrogen and oxygen atoms in total. The van der Waals surface area contributed by atoms with Crippen LogP contribution in [0.15, 0.2) is 16.9 Å². The van der Waals surface area contributed by atoms with E-state index in [1.165, 1.54) is 11.8 Å². The molecule has 1 aliphatic heterocycles. The molecule has 0 atom stereocenters. The van der Waals surface area contributed by atoms with Crippen LogP contribution in [0.5, 0.6) is 0 Å². The standard InChI is InChI=1S/C16H24BNO3S/c1-11-7-13(10-22-11)8-14(9-18-12(2)19)17-20-15(3,4)16(5,6)21-17/h7-8,10H,9H2,1-6H3,(H,18,19). The second-order valence-corrected chi connectivity index (χ2v) is 7.82. The molecule has 0 aliphatic carbocycles. The lowest BCUT2D eigenvalue weighted by molar-refractivity contribution is -0.118. The lowest BCUT2D eigenvalue weighted by Crippen LogP contribution is -2.41. The number of nitrogens with one attached hydrogen (secondary N) is 1. The van der Waals surface area contributed by atoms with Gasteiger partial charge in [-0.3, -0.25) is 4.79 Å². The Labute approximate surface area is 137 Å². The molecule has 0 unspecified atom stereocenters. The van der Waals surface area contributed by atoms with Crippen molar-refractivity contribution in [3.8, 4) is 0 Å². The van der Waals surface area contributed by atoms with Crippen LogP contribution in [0.2, 0.25) is 0 Å². The molecule has 1 fully saturated rings. The Bertz CT molecular complexity index is 576. The molecule has 0 saturated carbocycles. The van der Waals surface area contributed by atoms with Crippen LogP contribution in [-0.4, -0.2) is 30.8 Å². The molecule has 1 aromatic heterocycles. The second kappa shape index (κ2) is 6.18. The maximum Gasteiger partial charge on any atom is 0.492 e. The van der Waals surface area contributed by atoms with E-state index in [1.807, 2.05) is 33.8 Å². The SMILES string of the molecule is CC(=O)NCC(=Cc1csc(C)c1)B1OC(C)(C)C(C)(C)O1. The smallest absolute Gasteiger partial charge is 0.400 e. The normalized spacial score (nSPS) is 20.3. The van der Waals surface area contributed by atoms with Crippen LogP contribution < -0.4 is 5.32 Å². The van der Waals surface area contributed by atoms with Crippen molar-refractivity contribution < 1.29 is 14.1 Å². The molecule has 6 heteroatoms. The molecule has 22 heavy (non-hydrogen) atoms. The second-order valence-electron chi connectivity index (χ2n) is 6.71. The maximum absolute atomic E-state index is 11.3. The van der Waals surface area contributed by atoms with Gasteiger partial charge in [0.1, 0.15) is 0 Å². The highest BCUT2D eigenvalue weighted by Crippen LogP contribution is 2.38. The number of amides is 1. The quantitative estimate of drug-likeness (QED) is 0.866. The van der Waals surface area contributed by atoms with E-state index < -0.39 is 18.3 Å². The molecular weight excluding hydrogens is 297 g/mol. The van der Waals surface area contributed by atoms with Gasteiger partial charge in [0.2, 0.25) is 5.91 Å². The predicted octanol–water partition coefficient (Wildman–Crippen LogP) is 3.21. The zero-order valence-electron chi connectivity index (χ0n) is 14.1. The Morgan fingerprint density at radius 1 is 1.32 bits per heavy atom. The molecule has 1 aliphatic rings. The zero-order valence-corrected chi connectivity index (χ0v) is 15.0. The van der Waals surface area contributed by atoms with Crippen LogP contribution in [0, 0.1) is 6.92 Å². The number of aryl methyl sites for hydroxylation is 1.